The van der Waals surface area contributed by atoms with Gasteiger partial charge in [0.25, 0.3) is 0 Å². The van der Waals surface area contributed by atoms with Crippen molar-refractivity contribution in [3.05, 3.63) is 0 Å². The van der Waals surface area contributed by atoms with Gasteiger partial charge in [0, 0.05) is 20.0 Å². The molecule has 0 saturated carbocycles. The summed E-state index contributed by atoms with van der Waals surface area (Å²) in [6.45, 7) is 5.84. The summed E-state index contributed by atoms with van der Waals surface area (Å²) < 4.78 is 9.69. The third-order valence-electron chi connectivity index (χ3n) is 1.52. The van der Waals surface area contributed by atoms with Gasteiger partial charge in [-0.1, -0.05) is 6.92 Å². The summed E-state index contributed by atoms with van der Waals surface area (Å²) in [5.74, 6) is -0.282. The quantitative estimate of drug-likeness (QED) is 0.264. The summed E-state index contributed by atoms with van der Waals surface area (Å²) in [7, 11) is 0. The van der Waals surface area contributed by atoms with Crippen molar-refractivity contribution in [2.75, 3.05) is 32.8 Å². The molecule has 6 heteroatoms. The molecular formula is C9H20N2O4. The lowest BCUT2D eigenvalue weighted by Crippen LogP contribution is -2.34. The van der Waals surface area contributed by atoms with Gasteiger partial charge in [0.15, 0.2) is 0 Å². The van der Waals surface area contributed by atoms with Gasteiger partial charge in [0.2, 0.25) is 6.41 Å². The third-order valence-corrected chi connectivity index (χ3v) is 1.52. The monoisotopic (exact) mass is 220 g/mol. The van der Waals surface area contributed by atoms with Crippen LogP contribution in [0.5, 0.6) is 0 Å². The SMILES string of the molecule is CCNC(O)OCCNCCOC(C)=O. The van der Waals surface area contributed by atoms with Crippen molar-refractivity contribution in [1.82, 2.24) is 10.6 Å². The highest BCUT2D eigenvalue weighted by molar-refractivity contribution is 5.65. The molecule has 1 unspecified atom stereocenters. The first kappa shape index (κ1) is 14.3. The molecule has 0 bridgehead atoms. The molecule has 0 aromatic carbocycles. The summed E-state index contributed by atoms with van der Waals surface area (Å²) in [5, 5.41) is 14.8. The number of hydrogen-bond acceptors (Lipinski definition) is 6. The molecule has 0 aliphatic rings. The molecule has 0 amide bonds. The first-order chi connectivity index (χ1) is 7.16. The highest BCUT2D eigenvalue weighted by Gasteiger charge is 1.99. The number of aliphatic hydroxyl groups excluding tert-OH is 1. The van der Waals surface area contributed by atoms with Crippen LogP contribution >= 0.6 is 0 Å². The van der Waals surface area contributed by atoms with Crippen molar-refractivity contribution in [2.45, 2.75) is 20.3 Å². The average molecular weight is 220 g/mol. The number of aliphatic hydroxyl groups is 1. The highest BCUT2D eigenvalue weighted by atomic mass is 16.6. The van der Waals surface area contributed by atoms with Crippen molar-refractivity contribution in [2.24, 2.45) is 0 Å². The second kappa shape index (κ2) is 9.85. The molecule has 0 spiro atoms. The molecule has 15 heavy (non-hydrogen) atoms. The van der Waals surface area contributed by atoms with E-state index in [0.29, 0.717) is 32.8 Å². The zero-order valence-electron chi connectivity index (χ0n) is 9.28. The first-order valence-electron chi connectivity index (χ1n) is 5.04. The van der Waals surface area contributed by atoms with Crippen LogP contribution in [0.15, 0.2) is 0 Å². The highest BCUT2D eigenvalue weighted by Crippen LogP contribution is 1.80. The summed E-state index contributed by atoms with van der Waals surface area (Å²) >= 11 is 0. The smallest absolute Gasteiger partial charge is 0.302 e. The molecule has 3 N–H and O–H groups in total. The van der Waals surface area contributed by atoms with Crippen molar-refractivity contribution in [1.29, 1.82) is 0 Å². The largest absolute Gasteiger partial charge is 0.465 e. The fraction of sp³-hybridized carbons (Fsp3) is 0.889. The number of esters is 1. The van der Waals surface area contributed by atoms with Gasteiger partial charge in [0.1, 0.15) is 6.61 Å². The van der Waals surface area contributed by atoms with Crippen molar-refractivity contribution < 1.29 is 19.4 Å². The molecule has 6 nitrogen and oxygen atoms in total. The van der Waals surface area contributed by atoms with E-state index in [2.05, 4.69) is 10.6 Å². The molecule has 0 fully saturated rings. The maximum atomic E-state index is 10.4. The van der Waals surface area contributed by atoms with Gasteiger partial charge in [-0.05, 0) is 6.54 Å². The molecule has 90 valence electrons. The number of rotatable bonds is 9. The standard InChI is InChI=1S/C9H20N2O4/c1-3-11-9(13)15-7-5-10-4-6-14-8(2)12/h9-11,13H,3-7H2,1-2H3. The number of nitrogens with one attached hydrogen (secondary N) is 2. The molecule has 0 aliphatic heterocycles. The fourth-order valence-corrected chi connectivity index (χ4v) is 0.868. The number of ether oxygens (including phenoxy) is 2. The van der Waals surface area contributed by atoms with Gasteiger partial charge >= 0.3 is 5.97 Å². The molecule has 0 rings (SSSR count). The van der Waals surface area contributed by atoms with Crippen molar-refractivity contribution in [3.63, 3.8) is 0 Å². The maximum absolute atomic E-state index is 10.4. The summed E-state index contributed by atoms with van der Waals surface area (Å²) in [5.41, 5.74) is 0. The van der Waals surface area contributed by atoms with E-state index in [0.717, 1.165) is 0 Å². The number of carbonyl (C=O) groups excluding carboxylic acids is 1. The number of carbonyl (C=O) groups is 1. The molecule has 0 aromatic heterocycles. The summed E-state index contributed by atoms with van der Waals surface area (Å²) in [6.07, 6.45) is -0.912. The van der Waals surface area contributed by atoms with E-state index in [9.17, 15) is 4.79 Å². The van der Waals surface area contributed by atoms with Gasteiger partial charge in [0.05, 0.1) is 6.61 Å². The van der Waals surface area contributed by atoms with E-state index in [-0.39, 0.29) is 5.97 Å². The Balaban J connectivity index is 3.07. The van der Waals surface area contributed by atoms with E-state index in [1.54, 1.807) is 0 Å². The van der Waals surface area contributed by atoms with Crippen LogP contribution in [0.1, 0.15) is 13.8 Å². The van der Waals surface area contributed by atoms with Crippen LogP contribution in [0.3, 0.4) is 0 Å². The van der Waals surface area contributed by atoms with Crippen LogP contribution in [-0.4, -0.2) is 50.3 Å². The minimum Gasteiger partial charge on any atom is -0.465 e. The van der Waals surface area contributed by atoms with Gasteiger partial charge in [-0.25, -0.2) is 0 Å². The summed E-state index contributed by atoms with van der Waals surface area (Å²) in [6, 6.07) is 0. The molecule has 0 aromatic rings. The van der Waals surface area contributed by atoms with Crippen molar-refractivity contribution in [3.8, 4) is 0 Å². The lowest BCUT2D eigenvalue weighted by molar-refractivity contribution is -0.140. The van der Waals surface area contributed by atoms with E-state index in [1.165, 1.54) is 6.92 Å². The Morgan fingerprint density at radius 1 is 1.40 bits per heavy atom. The van der Waals surface area contributed by atoms with Crippen LogP contribution in [0.25, 0.3) is 0 Å². The predicted octanol–water partition coefficient (Wildman–Crippen LogP) is -0.959. The topological polar surface area (TPSA) is 79.8 Å². The predicted molar refractivity (Wildman–Crippen MR) is 55.1 cm³/mol. The van der Waals surface area contributed by atoms with Gasteiger partial charge < -0.3 is 19.9 Å². The first-order valence-corrected chi connectivity index (χ1v) is 5.04. The Morgan fingerprint density at radius 3 is 2.67 bits per heavy atom. The van der Waals surface area contributed by atoms with E-state index in [4.69, 9.17) is 14.6 Å². The molecule has 0 saturated heterocycles. The fourth-order valence-electron chi connectivity index (χ4n) is 0.868. The lowest BCUT2D eigenvalue weighted by Gasteiger charge is -2.12. The molecule has 0 radical (unpaired) electrons. The molecule has 1 atom stereocenters. The van der Waals surface area contributed by atoms with E-state index < -0.39 is 6.41 Å². The lowest BCUT2D eigenvalue weighted by atomic mass is 10.6. The second-order valence-electron chi connectivity index (χ2n) is 2.87. The Kier molecular flexibility index (Phi) is 9.40. The van der Waals surface area contributed by atoms with Crippen LogP contribution in [-0.2, 0) is 14.3 Å². The van der Waals surface area contributed by atoms with Crippen LogP contribution in [0.2, 0.25) is 0 Å². The van der Waals surface area contributed by atoms with Crippen LogP contribution < -0.4 is 10.6 Å². The number of hydrogen-bond donors (Lipinski definition) is 3. The van der Waals surface area contributed by atoms with Crippen LogP contribution in [0.4, 0.5) is 0 Å². The maximum Gasteiger partial charge on any atom is 0.302 e. The zero-order chi connectivity index (χ0) is 11.5. The van der Waals surface area contributed by atoms with Gasteiger partial charge in [-0.2, -0.15) is 0 Å². The third kappa shape index (κ3) is 11.2. The second-order valence-corrected chi connectivity index (χ2v) is 2.87. The Morgan fingerprint density at radius 2 is 2.07 bits per heavy atom. The average Bonchev–Trinajstić information content (AvgIpc) is 2.16. The molecule has 0 heterocycles. The van der Waals surface area contributed by atoms with Gasteiger partial charge in [-0.15, -0.1) is 0 Å². The minimum atomic E-state index is -0.912. The zero-order valence-corrected chi connectivity index (χ0v) is 9.28. The van der Waals surface area contributed by atoms with Crippen molar-refractivity contribution >= 4 is 5.97 Å². The Hall–Kier alpha value is -0.690. The van der Waals surface area contributed by atoms with Gasteiger partial charge in [-0.3, -0.25) is 10.1 Å². The molecule has 0 aliphatic carbocycles. The normalized spacial score (nSPS) is 12.5. The van der Waals surface area contributed by atoms with Crippen LogP contribution in [0, 0.1) is 0 Å². The van der Waals surface area contributed by atoms with E-state index >= 15 is 0 Å². The minimum absolute atomic E-state index is 0.282. The Labute approximate surface area is 89.9 Å². The summed E-state index contributed by atoms with van der Waals surface area (Å²) in [4.78, 5) is 10.4. The molecular weight excluding hydrogens is 200 g/mol. The Bertz CT molecular complexity index is 166. The van der Waals surface area contributed by atoms with E-state index in [1.807, 2.05) is 6.92 Å².